The molecule has 0 spiro atoms. The monoisotopic (exact) mass is 605 g/mol. The molecule has 2 amide bonds. The Morgan fingerprint density at radius 3 is 2.59 bits per heavy atom. The molecule has 44 heavy (non-hydrogen) atoms. The standard InChI is InChI=1S/C33H40FN5O5/c1-33(2,3)32-36-16-23(17-37-32)18-39-10-9-27-26(19-39)38-31(41)20-43-29-13-21(5-7-28(29)42-4)6-8-30(40)35-15-22-11-24(34)14-25(12-22)44-27/h5,7,11-14,16-17,26-27H,6,8-10,15,18-20H2,1-4H3,(H,35,40)(H,38,41)/t26-,27-/m1/s1. The molecular formula is C33H40FN5O5. The molecule has 0 unspecified atom stereocenters. The van der Waals surface area contributed by atoms with Crippen molar-refractivity contribution < 1.29 is 28.2 Å². The number of benzene rings is 2. The molecule has 0 radical (unpaired) electrons. The fourth-order valence-corrected chi connectivity index (χ4v) is 5.40. The number of amides is 2. The van der Waals surface area contributed by atoms with Gasteiger partial charge in [0.1, 0.15) is 23.5 Å². The van der Waals surface area contributed by atoms with Crippen LogP contribution in [0.2, 0.25) is 0 Å². The molecule has 3 heterocycles. The summed E-state index contributed by atoms with van der Waals surface area (Å²) in [6, 6.07) is 9.42. The molecule has 5 rings (SSSR count). The van der Waals surface area contributed by atoms with Gasteiger partial charge in [-0.2, -0.15) is 0 Å². The van der Waals surface area contributed by atoms with Gasteiger partial charge in [0.15, 0.2) is 18.1 Å². The van der Waals surface area contributed by atoms with Gasteiger partial charge in [-0.1, -0.05) is 26.8 Å². The number of likely N-dealkylation sites (tertiary alicyclic amines) is 1. The van der Waals surface area contributed by atoms with Crippen molar-refractivity contribution in [3.05, 3.63) is 77.1 Å². The van der Waals surface area contributed by atoms with Crippen molar-refractivity contribution in [3.63, 3.8) is 0 Å². The Balaban J connectivity index is 1.37. The molecule has 2 aliphatic rings. The van der Waals surface area contributed by atoms with E-state index in [1.165, 1.54) is 19.2 Å². The van der Waals surface area contributed by atoms with Crippen LogP contribution >= 0.6 is 0 Å². The van der Waals surface area contributed by atoms with Crippen molar-refractivity contribution in [1.82, 2.24) is 25.5 Å². The van der Waals surface area contributed by atoms with Gasteiger partial charge in [0, 0.05) is 62.0 Å². The van der Waals surface area contributed by atoms with Crippen LogP contribution in [0.5, 0.6) is 17.2 Å². The number of aromatic nitrogens is 2. The molecule has 2 aliphatic heterocycles. The Morgan fingerprint density at radius 2 is 1.84 bits per heavy atom. The van der Waals surface area contributed by atoms with Crippen LogP contribution in [0, 0.1) is 5.82 Å². The number of ether oxygens (including phenoxy) is 3. The van der Waals surface area contributed by atoms with E-state index in [2.05, 4.69) is 46.3 Å². The van der Waals surface area contributed by atoms with Gasteiger partial charge in [-0.15, -0.1) is 0 Å². The van der Waals surface area contributed by atoms with E-state index in [0.717, 1.165) is 17.0 Å². The second-order valence-corrected chi connectivity index (χ2v) is 12.4. The van der Waals surface area contributed by atoms with Crippen LogP contribution < -0.4 is 24.8 Å². The number of carbonyl (C=O) groups is 2. The van der Waals surface area contributed by atoms with Gasteiger partial charge >= 0.3 is 0 Å². The van der Waals surface area contributed by atoms with Gasteiger partial charge in [-0.05, 0) is 48.2 Å². The number of aryl methyl sites for hydroxylation is 1. The molecule has 3 aromatic rings. The number of nitrogens with zero attached hydrogens (tertiary/aromatic N) is 3. The van der Waals surface area contributed by atoms with Crippen molar-refractivity contribution in [2.24, 2.45) is 0 Å². The van der Waals surface area contributed by atoms with Crippen molar-refractivity contribution in [3.8, 4) is 17.2 Å². The lowest BCUT2D eigenvalue weighted by atomic mass is 9.96. The van der Waals surface area contributed by atoms with E-state index in [1.54, 1.807) is 18.2 Å². The van der Waals surface area contributed by atoms with E-state index >= 15 is 0 Å². The second-order valence-electron chi connectivity index (χ2n) is 12.4. The highest BCUT2D eigenvalue weighted by Crippen LogP contribution is 2.29. The molecular weight excluding hydrogens is 565 g/mol. The first-order chi connectivity index (χ1) is 21.1. The Labute approximate surface area is 257 Å². The SMILES string of the molecule is COc1ccc2cc1OCC(=O)N[C@@H]1CN(Cc3cnc(C(C)(C)C)nc3)CC[C@H]1Oc1cc(F)cc(c1)CNC(=O)CC2. The molecule has 0 saturated carbocycles. The predicted octanol–water partition coefficient (Wildman–Crippen LogP) is 3.70. The van der Waals surface area contributed by atoms with Crippen LogP contribution in [0.3, 0.4) is 0 Å². The van der Waals surface area contributed by atoms with Gasteiger partial charge in [0.25, 0.3) is 5.91 Å². The molecule has 1 fully saturated rings. The fourth-order valence-electron chi connectivity index (χ4n) is 5.40. The number of hydrogen-bond acceptors (Lipinski definition) is 8. The van der Waals surface area contributed by atoms with Gasteiger partial charge in [-0.25, -0.2) is 14.4 Å². The first-order valence-electron chi connectivity index (χ1n) is 14.9. The number of piperidine rings is 1. The third-order valence-corrected chi connectivity index (χ3v) is 7.70. The zero-order valence-corrected chi connectivity index (χ0v) is 25.7. The number of nitrogens with one attached hydrogen (secondary N) is 2. The quantitative estimate of drug-likeness (QED) is 0.465. The summed E-state index contributed by atoms with van der Waals surface area (Å²) in [5, 5.41) is 5.95. The Hall–Kier alpha value is -4.25. The summed E-state index contributed by atoms with van der Waals surface area (Å²) in [5.41, 5.74) is 2.28. The number of carbonyl (C=O) groups excluding carboxylic acids is 2. The Morgan fingerprint density at radius 1 is 1.05 bits per heavy atom. The maximum Gasteiger partial charge on any atom is 0.258 e. The zero-order valence-electron chi connectivity index (χ0n) is 25.7. The number of rotatable bonds is 3. The minimum Gasteiger partial charge on any atom is -0.493 e. The number of methoxy groups -OCH3 is 1. The molecule has 2 atom stereocenters. The maximum absolute atomic E-state index is 14.6. The highest BCUT2D eigenvalue weighted by molar-refractivity contribution is 5.78. The molecule has 1 saturated heterocycles. The fraction of sp³-hybridized carbons (Fsp3) is 0.455. The molecule has 0 aliphatic carbocycles. The number of halogens is 1. The topological polar surface area (TPSA) is 115 Å². The highest BCUT2D eigenvalue weighted by Gasteiger charge is 2.33. The Kier molecular flexibility index (Phi) is 9.63. The molecule has 10 nitrogen and oxygen atoms in total. The van der Waals surface area contributed by atoms with Crippen molar-refractivity contribution in [1.29, 1.82) is 0 Å². The summed E-state index contributed by atoms with van der Waals surface area (Å²) < 4.78 is 32.2. The third kappa shape index (κ3) is 8.22. The Bertz CT molecular complexity index is 1480. The number of hydrogen-bond donors (Lipinski definition) is 2. The molecule has 1 aromatic heterocycles. The lowest BCUT2D eigenvalue weighted by Gasteiger charge is -2.39. The smallest absolute Gasteiger partial charge is 0.258 e. The minimum atomic E-state index is -0.461. The van der Waals surface area contributed by atoms with E-state index in [9.17, 15) is 14.0 Å². The zero-order chi connectivity index (χ0) is 31.3. The molecule has 2 N–H and O–H groups in total. The van der Waals surface area contributed by atoms with Crippen molar-refractivity contribution in [2.75, 3.05) is 26.8 Å². The first kappa shape index (κ1) is 31.2. The summed E-state index contributed by atoms with van der Waals surface area (Å²) in [6.45, 7) is 7.93. The van der Waals surface area contributed by atoms with Gasteiger partial charge in [-0.3, -0.25) is 14.5 Å². The van der Waals surface area contributed by atoms with Gasteiger partial charge in [0.2, 0.25) is 5.91 Å². The van der Waals surface area contributed by atoms with Crippen LogP contribution in [0.15, 0.2) is 48.8 Å². The van der Waals surface area contributed by atoms with Crippen molar-refractivity contribution in [2.45, 2.75) is 70.7 Å². The first-order valence-corrected chi connectivity index (χ1v) is 14.9. The van der Waals surface area contributed by atoms with Crippen LogP contribution in [0.1, 0.15) is 56.1 Å². The summed E-state index contributed by atoms with van der Waals surface area (Å²) >= 11 is 0. The number of fused-ring (bicyclic) bond motifs is 5. The molecule has 234 valence electrons. The van der Waals surface area contributed by atoms with Crippen LogP contribution in [0.4, 0.5) is 4.39 Å². The summed E-state index contributed by atoms with van der Waals surface area (Å²) in [7, 11) is 1.53. The summed E-state index contributed by atoms with van der Waals surface area (Å²) in [5.74, 6) is 1.08. The lowest BCUT2D eigenvalue weighted by Crippen LogP contribution is -2.57. The van der Waals surface area contributed by atoms with E-state index < -0.39 is 18.0 Å². The normalized spacial score (nSPS) is 20.1. The average Bonchev–Trinajstić information content (AvgIpc) is 2.98. The summed E-state index contributed by atoms with van der Waals surface area (Å²) in [4.78, 5) is 37.1. The van der Waals surface area contributed by atoms with Crippen molar-refractivity contribution >= 4 is 11.8 Å². The minimum absolute atomic E-state index is 0.143. The van der Waals surface area contributed by atoms with Crippen LogP contribution in [-0.2, 0) is 34.5 Å². The maximum atomic E-state index is 14.6. The van der Waals surface area contributed by atoms with E-state index in [-0.39, 0.29) is 36.8 Å². The predicted molar refractivity (Wildman–Crippen MR) is 162 cm³/mol. The highest BCUT2D eigenvalue weighted by atomic mass is 19.1. The molecule has 2 aromatic carbocycles. The molecule has 4 bridgehead atoms. The van der Waals surface area contributed by atoms with E-state index in [4.69, 9.17) is 14.2 Å². The second kappa shape index (κ2) is 13.6. The van der Waals surface area contributed by atoms with E-state index in [1.807, 2.05) is 18.5 Å². The summed E-state index contributed by atoms with van der Waals surface area (Å²) in [6.07, 6.45) is 4.56. The lowest BCUT2D eigenvalue weighted by molar-refractivity contribution is -0.125. The molecule has 11 heteroatoms. The third-order valence-electron chi connectivity index (χ3n) is 7.70. The average molecular weight is 606 g/mol. The van der Waals surface area contributed by atoms with Gasteiger partial charge < -0.3 is 24.8 Å². The van der Waals surface area contributed by atoms with Gasteiger partial charge in [0.05, 0.1) is 13.2 Å². The largest absolute Gasteiger partial charge is 0.493 e. The van der Waals surface area contributed by atoms with Crippen LogP contribution in [-0.4, -0.2) is 65.6 Å². The van der Waals surface area contributed by atoms with E-state index in [0.29, 0.717) is 55.3 Å². The van der Waals surface area contributed by atoms with Crippen LogP contribution in [0.25, 0.3) is 0 Å².